The molecule has 0 fully saturated rings. The van der Waals surface area contributed by atoms with Crippen LogP contribution < -0.4 is 4.90 Å². The first-order valence-corrected chi connectivity index (χ1v) is 8.09. The van der Waals surface area contributed by atoms with Crippen LogP contribution in [0.3, 0.4) is 0 Å². The lowest BCUT2D eigenvalue weighted by atomic mass is 10.2. The molecule has 0 atom stereocenters. The van der Waals surface area contributed by atoms with E-state index in [1.54, 1.807) is 0 Å². The first kappa shape index (κ1) is 16.6. The molecule has 0 bridgehead atoms. The molecule has 0 aromatic heterocycles. The maximum Gasteiger partial charge on any atom is 0.0858 e. The summed E-state index contributed by atoms with van der Waals surface area (Å²) in [6.07, 6.45) is 1.86. The monoisotopic (exact) mass is 328 g/mol. The average molecular weight is 328 g/mol. The van der Waals surface area contributed by atoms with Gasteiger partial charge < -0.3 is 4.90 Å². The SMILES string of the molecule is CN(C)c1ccc(C=Nc2ccc(N=Nc3ccccc3)cc2)cc1. The van der Waals surface area contributed by atoms with Crippen molar-refractivity contribution in [1.29, 1.82) is 0 Å². The summed E-state index contributed by atoms with van der Waals surface area (Å²) < 4.78 is 0. The van der Waals surface area contributed by atoms with Gasteiger partial charge in [-0.3, -0.25) is 4.99 Å². The summed E-state index contributed by atoms with van der Waals surface area (Å²) in [5.74, 6) is 0. The normalized spacial score (nSPS) is 11.3. The van der Waals surface area contributed by atoms with Crippen molar-refractivity contribution in [2.75, 3.05) is 19.0 Å². The topological polar surface area (TPSA) is 40.3 Å². The van der Waals surface area contributed by atoms with Crippen molar-refractivity contribution >= 4 is 29.0 Å². The van der Waals surface area contributed by atoms with Crippen LogP contribution in [0.25, 0.3) is 0 Å². The van der Waals surface area contributed by atoms with E-state index in [2.05, 4.69) is 44.4 Å². The average Bonchev–Trinajstić information content (AvgIpc) is 2.67. The lowest BCUT2D eigenvalue weighted by Crippen LogP contribution is -2.08. The van der Waals surface area contributed by atoms with Gasteiger partial charge in [0, 0.05) is 26.0 Å². The zero-order chi connectivity index (χ0) is 17.5. The van der Waals surface area contributed by atoms with Gasteiger partial charge in [-0.15, -0.1) is 0 Å². The Labute approximate surface area is 148 Å². The van der Waals surface area contributed by atoms with Gasteiger partial charge >= 0.3 is 0 Å². The molecule has 25 heavy (non-hydrogen) atoms. The van der Waals surface area contributed by atoms with E-state index in [4.69, 9.17) is 0 Å². The zero-order valence-electron chi connectivity index (χ0n) is 14.4. The van der Waals surface area contributed by atoms with Crippen molar-refractivity contribution in [3.63, 3.8) is 0 Å². The molecule has 0 N–H and O–H groups in total. The second-order valence-corrected chi connectivity index (χ2v) is 5.80. The van der Waals surface area contributed by atoms with Crippen LogP contribution in [-0.2, 0) is 0 Å². The Hall–Kier alpha value is -3.27. The third kappa shape index (κ3) is 4.85. The van der Waals surface area contributed by atoms with Crippen molar-refractivity contribution in [1.82, 2.24) is 0 Å². The standard InChI is InChI=1S/C21H20N4/c1-25(2)21-14-8-17(9-15-21)16-22-18-10-12-20(13-11-18)24-23-19-6-4-3-5-7-19/h3-16H,1-2H3. The van der Waals surface area contributed by atoms with Gasteiger partial charge in [0.05, 0.1) is 17.1 Å². The Balaban J connectivity index is 1.65. The van der Waals surface area contributed by atoms with Gasteiger partial charge in [-0.2, -0.15) is 10.2 Å². The van der Waals surface area contributed by atoms with Crippen LogP contribution in [0.4, 0.5) is 22.7 Å². The number of hydrogen-bond donors (Lipinski definition) is 0. The van der Waals surface area contributed by atoms with E-state index in [0.29, 0.717) is 0 Å². The molecule has 0 unspecified atom stereocenters. The van der Waals surface area contributed by atoms with Crippen molar-refractivity contribution < 1.29 is 0 Å². The van der Waals surface area contributed by atoms with Gasteiger partial charge in [-0.1, -0.05) is 30.3 Å². The van der Waals surface area contributed by atoms with Crippen LogP contribution in [0.2, 0.25) is 0 Å². The van der Waals surface area contributed by atoms with Gasteiger partial charge in [0.2, 0.25) is 0 Å². The second kappa shape index (κ2) is 8.02. The minimum absolute atomic E-state index is 0.804. The third-order valence-corrected chi connectivity index (χ3v) is 3.66. The molecule has 0 amide bonds. The molecule has 3 aromatic carbocycles. The molecule has 3 rings (SSSR count). The maximum atomic E-state index is 4.50. The fraction of sp³-hybridized carbons (Fsp3) is 0.0952. The van der Waals surface area contributed by atoms with Gasteiger partial charge in [-0.25, -0.2) is 0 Å². The van der Waals surface area contributed by atoms with Gasteiger partial charge in [0.15, 0.2) is 0 Å². The minimum atomic E-state index is 0.804. The maximum absolute atomic E-state index is 4.50. The predicted octanol–water partition coefficient (Wildman–Crippen LogP) is 5.92. The van der Waals surface area contributed by atoms with E-state index in [-0.39, 0.29) is 0 Å². The molecule has 0 saturated heterocycles. The van der Waals surface area contributed by atoms with Crippen LogP contribution in [0, 0.1) is 0 Å². The Morgan fingerprint density at radius 1 is 0.640 bits per heavy atom. The molecule has 4 nitrogen and oxygen atoms in total. The number of azo groups is 1. The zero-order valence-corrected chi connectivity index (χ0v) is 14.4. The molecule has 0 aliphatic heterocycles. The van der Waals surface area contributed by atoms with Crippen LogP contribution in [0.5, 0.6) is 0 Å². The Morgan fingerprint density at radius 2 is 1.20 bits per heavy atom. The Bertz CT molecular complexity index is 849. The van der Waals surface area contributed by atoms with Gasteiger partial charge in [0.1, 0.15) is 0 Å². The third-order valence-electron chi connectivity index (χ3n) is 3.66. The van der Waals surface area contributed by atoms with E-state index in [1.807, 2.05) is 74.9 Å². The highest BCUT2D eigenvalue weighted by atomic mass is 15.1. The van der Waals surface area contributed by atoms with Crippen LogP contribution in [0.15, 0.2) is 94.1 Å². The molecule has 3 aromatic rings. The molecular formula is C21H20N4. The molecule has 4 heteroatoms. The number of aliphatic imine (C=N–C) groups is 1. The summed E-state index contributed by atoms with van der Waals surface area (Å²) in [5, 5.41) is 8.44. The lowest BCUT2D eigenvalue weighted by Gasteiger charge is -2.11. The van der Waals surface area contributed by atoms with Gasteiger partial charge in [0.25, 0.3) is 0 Å². The molecule has 0 heterocycles. The molecule has 0 aliphatic rings. The molecule has 0 radical (unpaired) electrons. The largest absolute Gasteiger partial charge is 0.378 e. The summed E-state index contributed by atoms with van der Waals surface area (Å²) in [6.45, 7) is 0. The van der Waals surface area contributed by atoms with Crippen molar-refractivity contribution in [3.05, 3.63) is 84.4 Å². The summed E-state index contributed by atoms with van der Waals surface area (Å²) >= 11 is 0. The number of benzene rings is 3. The van der Waals surface area contributed by atoms with Crippen LogP contribution in [0.1, 0.15) is 5.56 Å². The summed E-state index contributed by atoms with van der Waals surface area (Å²) in [5.41, 5.74) is 4.77. The highest BCUT2D eigenvalue weighted by molar-refractivity contribution is 5.82. The molecule has 0 aliphatic carbocycles. The van der Waals surface area contributed by atoms with E-state index in [1.165, 1.54) is 5.69 Å². The van der Waals surface area contributed by atoms with Crippen molar-refractivity contribution in [3.8, 4) is 0 Å². The smallest absolute Gasteiger partial charge is 0.0858 e. The lowest BCUT2D eigenvalue weighted by molar-refractivity contribution is 1.13. The van der Waals surface area contributed by atoms with E-state index >= 15 is 0 Å². The summed E-state index contributed by atoms with van der Waals surface area (Å²) in [4.78, 5) is 6.57. The summed E-state index contributed by atoms with van der Waals surface area (Å²) in [6, 6.07) is 25.6. The van der Waals surface area contributed by atoms with Crippen molar-refractivity contribution in [2.24, 2.45) is 15.2 Å². The molecular weight excluding hydrogens is 308 g/mol. The number of rotatable bonds is 5. The van der Waals surface area contributed by atoms with Gasteiger partial charge in [-0.05, 0) is 54.1 Å². The van der Waals surface area contributed by atoms with Crippen LogP contribution in [-0.4, -0.2) is 20.3 Å². The summed E-state index contributed by atoms with van der Waals surface area (Å²) in [7, 11) is 4.06. The fourth-order valence-electron chi connectivity index (χ4n) is 2.22. The number of nitrogens with zero attached hydrogens (tertiary/aromatic N) is 4. The van der Waals surface area contributed by atoms with E-state index < -0.39 is 0 Å². The first-order valence-electron chi connectivity index (χ1n) is 8.09. The highest BCUT2D eigenvalue weighted by Crippen LogP contribution is 2.21. The molecule has 0 spiro atoms. The number of anilines is 1. The second-order valence-electron chi connectivity index (χ2n) is 5.80. The van der Waals surface area contributed by atoms with Crippen molar-refractivity contribution in [2.45, 2.75) is 0 Å². The Morgan fingerprint density at radius 3 is 1.80 bits per heavy atom. The first-order chi connectivity index (χ1) is 12.2. The number of hydrogen-bond acceptors (Lipinski definition) is 4. The van der Waals surface area contributed by atoms with E-state index in [0.717, 1.165) is 22.6 Å². The molecule has 124 valence electrons. The minimum Gasteiger partial charge on any atom is -0.378 e. The predicted molar refractivity (Wildman–Crippen MR) is 105 cm³/mol. The van der Waals surface area contributed by atoms with E-state index in [9.17, 15) is 0 Å². The quantitative estimate of drug-likeness (QED) is 0.423. The fourth-order valence-corrected chi connectivity index (χ4v) is 2.22. The molecule has 0 saturated carbocycles. The highest BCUT2D eigenvalue weighted by Gasteiger charge is 1.95. The Kier molecular flexibility index (Phi) is 5.32. The van der Waals surface area contributed by atoms with Crippen LogP contribution >= 0.6 is 0 Å².